The average Bonchev–Trinajstić information content (AvgIpc) is 2.08. The molecule has 0 saturated carbocycles. The average molecular weight is 234 g/mol. The molecule has 0 N–H and O–H groups in total. The van der Waals surface area contributed by atoms with Crippen molar-refractivity contribution in [3.05, 3.63) is 41.0 Å². The third-order valence-corrected chi connectivity index (χ3v) is 2.21. The molecule has 0 aliphatic rings. The molecule has 1 aromatic rings. The normalized spacial score (nSPS) is 13.0. The largest absolute Gasteiger partial charge is 0.250 e. The SMILES string of the molecule is [CH2]C(CF)c1ccc(F)c(Br)c1. The van der Waals surface area contributed by atoms with Gasteiger partial charge in [-0.2, -0.15) is 0 Å². The van der Waals surface area contributed by atoms with Gasteiger partial charge in [-0.25, -0.2) is 4.39 Å². The van der Waals surface area contributed by atoms with E-state index in [2.05, 4.69) is 22.9 Å². The Morgan fingerprint density at radius 3 is 2.67 bits per heavy atom. The van der Waals surface area contributed by atoms with Crippen molar-refractivity contribution in [3.63, 3.8) is 0 Å². The Bertz CT molecular complexity index is 273. The maximum Gasteiger partial charge on any atom is 0.137 e. The van der Waals surface area contributed by atoms with E-state index in [-0.39, 0.29) is 5.82 Å². The van der Waals surface area contributed by atoms with Crippen LogP contribution in [0.25, 0.3) is 0 Å². The lowest BCUT2D eigenvalue weighted by atomic mass is 10.0. The van der Waals surface area contributed by atoms with E-state index in [4.69, 9.17) is 0 Å². The third-order valence-electron chi connectivity index (χ3n) is 1.60. The summed E-state index contributed by atoms with van der Waals surface area (Å²) in [6.45, 7) is 3.05. The summed E-state index contributed by atoms with van der Waals surface area (Å²) in [6, 6.07) is 4.39. The fourth-order valence-electron chi connectivity index (χ4n) is 0.855. The van der Waals surface area contributed by atoms with Crippen LogP contribution in [0, 0.1) is 12.7 Å². The number of halogens is 3. The molecule has 1 radical (unpaired) electrons. The molecule has 0 aromatic heterocycles. The summed E-state index contributed by atoms with van der Waals surface area (Å²) in [7, 11) is 0. The summed E-state index contributed by atoms with van der Waals surface area (Å²) in [5, 5.41) is 0. The van der Waals surface area contributed by atoms with Gasteiger partial charge >= 0.3 is 0 Å². The lowest BCUT2D eigenvalue weighted by Gasteiger charge is -2.06. The number of rotatable bonds is 2. The zero-order chi connectivity index (χ0) is 9.14. The second-order valence-electron chi connectivity index (χ2n) is 2.52. The first-order valence-corrected chi connectivity index (χ1v) is 4.28. The monoisotopic (exact) mass is 233 g/mol. The van der Waals surface area contributed by atoms with Gasteiger partial charge in [-0.1, -0.05) is 6.07 Å². The van der Waals surface area contributed by atoms with Crippen LogP contribution in [0.1, 0.15) is 11.5 Å². The molecule has 3 heteroatoms. The Balaban J connectivity index is 2.96. The highest BCUT2D eigenvalue weighted by Crippen LogP contribution is 2.22. The topological polar surface area (TPSA) is 0 Å². The number of hydrogen-bond acceptors (Lipinski definition) is 0. The number of alkyl halides is 1. The van der Waals surface area contributed by atoms with E-state index in [9.17, 15) is 8.78 Å². The molecular weight excluding hydrogens is 226 g/mol. The summed E-state index contributed by atoms with van der Waals surface area (Å²) in [6.07, 6.45) is 0. The molecule has 1 rings (SSSR count). The Hall–Kier alpha value is -0.440. The molecule has 0 aliphatic carbocycles. The summed E-state index contributed by atoms with van der Waals surface area (Å²) in [5.41, 5.74) is 0.700. The third kappa shape index (κ3) is 2.03. The number of hydrogen-bond donors (Lipinski definition) is 0. The van der Waals surface area contributed by atoms with Crippen molar-refractivity contribution in [2.45, 2.75) is 5.92 Å². The van der Waals surface area contributed by atoms with Crippen molar-refractivity contribution in [2.24, 2.45) is 0 Å². The van der Waals surface area contributed by atoms with Gasteiger partial charge in [0.15, 0.2) is 0 Å². The van der Waals surface area contributed by atoms with E-state index in [1.54, 1.807) is 6.07 Å². The van der Waals surface area contributed by atoms with Crippen molar-refractivity contribution in [1.29, 1.82) is 0 Å². The van der Waals surface area contributed by atoms with Crippen LogP contribution in [0.2, 0.25) is 0 Å². The summed E-state index contributed by atoms with van der Waals surface area (Å²) in [4.78, 5) is 0. The van der Waals surface area contributed by atoms with Crippen molar-refractivity contribution >= 4 is 15.9 Å². The van der Waals surface area contributed by atoms with Crippen molar-refractivity contribution < 1.29 is 8.78 Å². The molecule has 1 aromatic carbocycles. The highest BCUT2D eigenvalue weighted by molar-refractivity contribution is 9.10. The molecule has 0 bridgehead atoms. The number of benzene rings is 1. The van der Waals surface area contributed by atoms with Crippen LogP contribution >= 0.6 is 15.9 Å². The fourth-order valence-corrected chi connectivity index (χ4v) is 1.25. The molecule has 0 aliphatic heterocycles. The molecule has 12 heavy (non-hydrogen) atoms. The van der Waals surface area contributed by atoms with Crippen LogP contribution in [0.5, 0.6) is 0 Å². The molecule has 0 nitrogen and oxygen atoms in total. The van der Waals surface area contributed by atoms with Crippen molar-refractivity contribution in [3.8, 4) is 0 Å². The zero-order valence-electron chi connectivity index (χ0n) is 6.36. The smallest absolute Gasteiger partial charge is 0.137 e. The summed E-state index contributed by atoms with van der Waals surface area (Å²) >= 11 is 3.02. The van der Waals surface area contributed by atoms with E-state index in [0.29, 0.717) is 10.0 Å². The zero-order valence-corrected chi connectivity index (χ0v) is 7.94. The van der Waals surface area contributed by atoms with Crippen LogP contribution < -0.4 is 0 Å². The van der Waals surface area contributed by atoms with Crippen molar-refractivity contribution in [2.75, 3.05) is 6.67 Å². The molecule has 0 amide bonds. The van der Waals surface area contributed by atoms with Crippen molar-refractivity contribution in [1.82, 2.24) is 0 Å². The van der Waals surface area contributed by atoms with Gasteiger partial charge in [0.1, 0.15) is 5.82 Å². The van der Waals surface area contributed by atoms with Crippen LogP contribution in [0.4, 0.5) is 8.78 Å². The van der Waals surface area contributed by atoms with E-state index in [1.165, 1.54) is 12.1 Å². The van der Waals surface area contributed by atoms with Crippen LogP contribution in [0.15, 0.2) is 22.7 Å². The van der Waals surface area contributed by atoms with Crippen LogP contribution in [-0.2, 0) is 0 Å². The molecular formula is C9H8BrF2. The highest BCUT2D eigenvalue weighted by Gasteiger charge is 2.07. The minimum atomic E-state index is -0.530. The maximum absolute atomic E-state index is 12.7. The first-order chi connectivity index (χ1) is 5.65. The molecule has 0 saturated heterocycles. The maximum atomic E-state index is 12.7. The first kappa shape index (κ1) is 9.65. The Morgan fingerprint density at radius 1 is 1.50 bits per heavy atom. The minimum Gasteiger partial charge on any atom is -0.250 e. The molecule has 65 valence electrons. The van der Waals surface area contributed by atoms with Gasteiger partial charge < -0.3 is 0 Å². The first-order valence-electron chi connectivity index (χ1n) is 3.49. The molecule has 1 unspecified atom stereocenters. The van der Waals surface area contributed by atoms with E-state index >= 15 is 0 Å². The summed E-state index contributed by atoms with van der Waals surface area (Å²) < 4.78 is 25.2. The Labute approximate surface area is 78.7 Å². The van der Waals surface area contributed by atoms with E-state index < -0.39 is 12.6 Å². The standard InChI is InChI=1S/C9H8BrF2/c1-6(5-11)7-2-3-9(12)8(10)4-7/h2-4,6H,1,5H2. The predicted molar refractivity (Wildman–Crippen MR) is 48.2 cm³/mol. The van der Waals surface area contributed by atoms with Gasteiger partial charge in [0.05, 0.1) is 11.1 Å². The van der Waals surface area contributed by atoms with Gasteiger partial charge in [-0.05, 0) is 40.5 Å². The summed E-state index contributed by atoms with van der Waals surface area (Å²) in [5.74, 6) is -0.758. The highest BCUT2D eigenvalue weighted by atomic mass is 79.9. The fraction of sp³-hybridized carbons (Fsp3) is 0.222. The van der Waals surface area contributed by atoms with Gasteiger partial charge in [0, 0.05) is 5.92 Å². The quantitative estimate of drug-likeness (QED) is 0.734. The van der Waals surface area contributed by atoms with E-state index in [1.807, 2.05) is 0 Å². The second-order valence-corrected chi connectivity index (χ2v) is 3.38. The Morgan fingerprint density at radius 2 is 2.17 bits per heavy atom. The van der Waals surface area contributed by atoms with Gasteiger partial charge in [0.25, 0.3) is 0 Å². The van der Waals surface area contributed by atoms with Crippen LogP contribution in [-0.4, -0.2) is 6.67 Å². The molecule has 0 spiro atoms. The van der Waals surface area contributed by atoms with Crippen LogP contribution in [0.3, 0.4) is 0 Å². The molecule has 0 heterocycles. The lowest BCUT2D eigenvalue weighted by molar-refractivity contribution is 0.465. The molecule has 1 atom stereocenters. The minimum absolute atomic E-state index is 0.343. The van der Waals surface area contributed by atoms with E-state index in [0.717, 1.165) is 0 Å². The van der Waals surface area contributed by atoms with Gasteiger partial charge in [-0.3, -0.25) is 4.39 Å². The predicted octanol–water partition coefficient (Wildman–Crippen LogP) is 3.48. The Kier molecular flexibility index (Phi) is 3.20. The van der Waals surface area contributed by atoms with Gasteiger partial charge in [-0.15, -0.1) is 0 Å². The molecule has 0 fully saturated rings. The van der Waals surface area contributed by atoms with Gasteiger partial charge in [0.2, 0.25) is 0 Å². The second kappa shape index (κ2) is 3.99. The lowest BCUT2D eigenvalue weighted by Crippen LogP contribution is -1.96.